The van der Waals surface area contributed by atoms with Gasteiger partial charge in [-0.2, -0.15) is 49.6 Å². The summed E-state index contributed by atoms with van der Waals surface area (Å²) in [6.07, 6.45) is -10.7. The lowest BCUT2D eigenvalue weighted by atomic mass is 9.74. The van der Waals surface area contributed by atoms with Gasteiger partial charge in [-0.3, -0.25) is 23.7 Å². The van der Waals surface area contributed by atoms with Crippen LogP contribution in [-0.2, 0) is 65.9 Å². The molecule has 8 rings (SSSR count). The maximum Gasteiger partial charge on any atom is 0.435 e. The van der Waals surface area contributed by atoms with E-state index in [0.717, 1.165) is 42.7 Å². The molecule has 0 saturated heterocycles. The number of fused-ring (bicyclic) bond motifs is 4. The average molecular weight is 1090 g/mol. The summed E-state index contributed by atoms with van der Waals surface area (Å²) in [5, 5.41) is 18.1. The molecule has 3 aliphatic carbocycles. The van der Waals surface area contributed by atoms with Crippen molar-refractivity contribution in [3.8, 4) is 23.0 Å². The van der Waals surface area contributed by atoms with Gasteiger partial charge >= 0.3 is 18.3 Å². The minimum absolute atomic E-state index is 0.0900. The van der Waals surface area contributed by atoms with Crippen LogP contribution in [0.4, 0.5) is 49.7 Å². The van der Waals surface area contributed by atoms with Crippen LogP contribution >= 0.6 is 11.6 Å². The number of aliphatic carboxylic acids is 1. The predicted octanol–water partition coefficient (Wildman–Crippen LogP) is 7.69. The molecule has 5 aromatic rings. The van der Waals surface area contributed by atoms with E-state index in [2.05, 4.69) is 32.3 Å². The van der Waals surface area contributed by atoms with Gasteiger partial charge in [0.25, 0.3) is 5.92 Å². The third kappa shape index (κ3) is 10.2. The van der Waals surface area contributed by atoms with Gasteiger partial charge in [0.05, 0.1) is 39.8 Å². The first-order valence-corrected chi connectivity index (χ1v) is 25.8. The second-order valence-corrected chi connectivity index (χ2v) is 23.4. The van der Waals surface area contributed by atoms with Crippen molar-refractivity contribution in [1.82, 2.24) is 29.9 Å². The highest BCUT2D eigenvalue weighted by molar-refractivity contribution is 7.93. The fraction of sp³-hybridized carbons (Fsp3) is 0.422. The highest BCUT2D eigenvalue weighted by atomic mass is 35.5. The van der Waals surface area contributed by atoms with Gasteiger partial charge in [-0.15, -0.1) is 0 Å². The number of carbonyl (C=O) groups excluding carboxylic acids is 2. The highest BCUT2D eigenvalue weighted by Gasteiger charge is 2.68. The van der Waals surface area contributed by atoms with Crippen LogP contribution in [-0.4, -0.2) is 87.7 Å². The Kier molecular flexibility index (Phi) is 13.1. The van der Waals surface area contributed by atoms with Crippen LogP contribution in [0.2, 0.25) is 5.02 Å². The molecule has 15 nitrogen and oxygen atoms in total. The largest absolute Gasteiger partial charge is 0.481 e. The quantitative estimate of drug-likeness (QED) is 0.0864. The summed E-state index contributed by atoms with van der Waals surface area (Å²) in [7, 11) is -8.74. The Morgan fingerprint density at radius 3 is 2.12 bits per heavy atom. The SMILES string of the molecule is CC(C)(C#Cc1ccc(-c2ccc(Cl)c3c(N(C(=O)C4CC(C(=O)O)C4)S(C)(=O)=O)nn(CC(F)(F)F)c23)c([C@H](Cc2cc(F)cc(F)c2)NC(=O)Cn2nc(C(F)(F)F)c3c2C(F)(F)[C@@H]2C[C@H]32)n1)S(C)(=O)=O. The van der Waals surface area contributed by atoms with Crippen molar-refractivity contribution in [3.05, 3.63) is 93.0 Å². The molecule has 3 heterocycles. The molecule has 390 valence electrons. The number of halogens is 11. The molecule has 0 radical (unpaired) electrons. The summed E-state index contributed by atoms with van der Waals surface area (Å²) < 4.78 is 198. The summed E-state index contributed by atoms with van der Waals surface area (Å²) in [5.41, 5.74) is -6.00. The molecule has 2 aromatic carbocycles. The number of carboxylic acid groups (broad SMARTS) is 1. The van der Waals surface area contributed by atoms with Gasteiger partial charge in [0, 0.05) is 40.8 Å². The first-order valence-electron chi connectivity index (χ1n) is 21.6. The minimum Gasteiger partial charge on any atom is -0.481 e. The highest BCUT2D eigenvalue weighted by Crippen LogP contribution is 2.68. The second kappa shape index (κ2) is 18.0. The summed E-state index contributed by atoms with van der Waals surface area (Å²) in [4.78, 5) is 44.2. The number of anilines is 1. The number of sulfone groups is 1. The zero-order valence-corrected chi connectivity index (χ0v) is 40.5. The van der Waals surface area contributed by atoms with Gasteiger partial charge in [0.15, 0.2) is 21.3 Å². The Bertz CT molecular complexity index is 3430. The number of sulfonamides is 1. The smallest absolute Gasteiger partial charge is 0.435 e. The third-order valence-electron chi connectivity index (χ3n) is 12.9. The minimum atomic E-state index is -5.23. The standard InChI is InChI=1S/C45H38ClF10N7O8S2/c1-42(2,72(3,68)69)10-9-25-5-6-26(27-7-8-30(46)34-36(27)62(19-43(49,50)51)60-39(34)63(73(4,70)71)40(65)21-14-22(15-21)41(66)67)35(57-25)31(13-20-11-23(47)16-24(48)12-20)58-32(64)18-61-38-33(37(59-61)45(54,55)56)28-17-29(28)44(38,52)53/h5-8,11-12,16,21-22,28-29,31H,13-15,17-19H2,1-4H3,(H,58,64)(H,66,67)/t21?,22?,28-,29+,31-/m0/s1. The number of carboxylic acids is 1. The van der Waals surface area contributed by atoms with E-state index in [-0.39, 0.29) is 55.3 Å². The number of nitrogens with zero attached hydrogens (tertiary/aromatic N) is 6. The maximum atomic E-state index is 15.6. The normalized spacial score (nSPS) is 19.8. The first-order chi connectivity index (χ1) is 33.6. The molecule has 2 saturated carbocycles. The molecule has 2 amide bonds. The van der Waals surface area contributed by atoms with E-state index in [1.54, 1.807) is 0 Å². The van der Waals surface area contributed by atoms with Crippen molar-refractivity contribution < 1.29 is 80.2 Å². The fourth-order valence-corrected chi connectivity index (χ4v) is 10.4. The Morgan fingerprint density at radius 2 is 1.55 bits per heavy atom. The van der Waals surface area contributed by atoms with Crippen molar-refractivity contribution in [3.63, 3.8) is 0 Å². The van der Waals surface area contributed by atoms with E-state index in [0.29, 0.717) is 12.3 Å². The van der Waals surface area contributed by atoms with Crippen LogP contribution in [0.1, 0.15) is 79.0 Å². The second-order valence-electron chi connectivity index (χ2n) is 18.6. The van der Waals surface area contributed by atoms with E-state index in [1.807, 2.05) is 0 Å². The molecule has 0 spiro atoms. The summed E-state index contributed by atoms with van der Waals surface area (Å²) in [6.45, 7) is -0.850. The maximum absolute atomic E-state index is 15.6. The topological polar surface area (TPSA) is 204 Å². The number of rotatable bonds is 13. The van der Waals surface area contributed by atoms with E-state index < -0.39 is 166 Å². The van der Waals surface area contributed by atoms with Gasteiger partial charge in [-0.05, 0) is 87.3 Å². The zero-order chi connectivity index (χ0) is 53.9. The van der Waals surface area contributed by atoms with Gasteiger partial charge in [0.1, 0.15) is 40.9 Å². The zero-order valence-electron chi connectivity index (χ0n) is 38.1. The Hall–Kier alpha value is -6.27. The van der Waals surface area contributed by atoms with Gasteiger partial charge in [-0.25, -0.2) is 30.6 Å². The van der Waals surface area contributed by atoms with Crippen LogP contribution in [0.15, 0.2) is 42.5 Å². The number of nitrogens with one attached hydrogen (secondary N) is 1. The third-order valence-corrected chi connectivity index (χ3v) is 16.2. The molecule has 3 aromatic heterocycles. The Morgan fingerprint density at radius 1 is 0.918 bits per heavy atom. The van der Waals surface area contributed by atoms with E-state index in [4.69, 9.17) is 11.6 Å². The molecule has 3 aliphatic rings. The van der Waals surface area contributed by atoms with Crippen LogP contribution in [0.3, 0.4) is 0 Å². The molecule has 2 N–H and O–H groups in total. The molecule has 28 heteroatoms. The molecule has 73 heavy (non-hydrogen) atoms. The van der Waals surface area contributed by atoms with Gasteiger partial charge in [0.2, 0.25) is 21.8 Å². The molecular formula is C45H38ClF10N7O8S2. The number of pyridine rings is 1. The average Bonchev–Trinajstić information content (AvgIpc) is 3.73. The lowest BCUT2D eigenvalue weighted by Gasteiger charge is -2.33. The number of hydrogen-bond acceptors (Lipinski definition) is 10. The first kappa shape index (κ1) is 53.0. The number of alkyl halides is 8. The van der Waals surface area contributed by atoms with Gasteiger partial charge in [-0.1, -0.05) is 23.6 Å². The number of hydrogen-bond donors (Lipinski definition) is 2. The molecule has 2 fully saturated rings. The van der Waals surface area contributed by atoms with Crippen molar-refractivity contribution in [2.45, 2.75) is 87.6 Å². The predicted molar refractivity (Wildman–Crippen MR) is 239 cm³/mol. The molecule has 0 bridgehead atoms. The Labute approximate surface area is 412 Å². The Balaban J connectivity index is 1.35. The van der Waals surface area contributed by atoms with Crippen molar-refractivity contribution in [2.24, 2.45) is 17.8 Å². The summed E-state index contributed by atoms with van der Waals surface area (Å²) >= 11 is 6.64. The van der Waals surface area contributed by atoms with Crippen LogP contribution in [0.25, 0.3) is 22.0 Å². The molecule has 3 atom stereocenters. The fourth-order valence-electron chi connectivity index (χ4n) is 9.01. The van der Waals surface area contributed by atoms with Crippen molar-refractivity contribution in [2.75, 3.05) is 16.8 Å². The summed E-state index contributed by atoms with van der Waals surface area (Å²) in [5.74, 6) is -10.9. The van der Waals surface area contributed by atoms with E-state index in [1.165, 1.54) is 13.8 Å². The number of aromatic nitrogens is 5. The molecular weight excluding hydrogens is 1060 g/mol. The van der Waals surface area contributed by atoms with Gasteiger partial charge < -0.3 is 10.4 Å². The monoisotopic (exact) mass is 1090 g/mol. The number of amides is 2. The van der Waals surface area contributed by atoms with Crippen LogP contribution < -0.4 is 9.62 Å². The lowest BCUT2D eigenvalue weighted by Crippen LogP contribution is -2.46. The number of benzene rings is 2. The molecule has 0 aliphatic heterocycles. The lowest BCUT2D eigenvalue weighted by molar-refractivity contribution is -0.148. The summed E-state index contributed by atoms with van der Waals surface area (Å²) in [6, 6.07) is 4.69. The van der Waals surface area contributed by atoms with Crippen LogP contribution in [0, 0.1) is 41.2 Å². The number of carbonyl (C=O) groups is 3. The van der Waals surface area contributed by atoms with Crippen LogP contribution in [0.5, 0.6) is 0 Å². The van der Waals surface area contributed by atoms with E-state index in [9.17, 15) is 71.4 Å². The molecule has 0 unspecified atom stereocenters. The van der Waals surface area contributed by atoms with Crippen molar-refractivity contribution in [1.29, 1.82) is 0 Å². The van der Waals surface area contributed by atoms with E-state index >= 15 is 8.78 Å². The van der Waals surface area contributed by atoms with Crippen molar-refractivity contribution >= 4 is 66.0 Å².